The molecule has 0 saturated carbocycles. The van der Waals surface area contributed by atoms with Gasteiger partial charge in [0.15, 0.2) is 5.96 Å². The SMILES string of the molecule is CCNC(=NCC1CCCN1CCOC)N(C)Cc1csc(C)n1.I. The predicted octanol–water partition coefficient (Wildman–Crippen LogP) is 2.58. The number of ether oxygens (including phenoxy) is 1. The normalized spacial score (nSPS) is 18.2. The number of guanidine groups is 1. The molecule has 25 heavy (non-hydrogen) atoms. The van der Waals surface area contributed by atoms with Gasteiger partial charge in [-0.2, -0.15) is 0 Å². The second kappa shape index (κ2) is 12.0. The fourth-order valence-electron chi connectivity index (χ4n) is 3.07. The minimum atomic E-state index is 0. The second-order valence-electron chi connectivity index (χ2n) is 6.23. The van der Waals surface area contributed by atoms with Crippen molar-refractivity contribution in [3.63, 3.8) is 0 Å². The molecule has 1 unspecified atom stereocenters. The number of methoxy groups -OCH3 is 1. The van der Waals surface area contributed by atoms with E-state index in [1.165, 1.54) is 12.8 Å². The van der Waals surface area contributed by atoms with E-state index < -0.39 is 0 Å². The van der Waals surface area contributed by atoms with Gasteiger partial charge in [0.05, 0.1) is 30.4 Å². The maximum Gasteiger partial charge on any atom is 0.194 e. The topological polar surface area (TPSA) is 53.0 Å². The van der Waals surface area contributed by atoms with Gasteiger partial charge in [-0.25, -0.2) is 4.98 Å². The number of rotatable bonds is 8. The molecule has 8 heteroatoms. The van der Waals surface area contributed by atoms with Gasteiger partial charge in [-0.15, -0.1) is 35.3 Å². The molecule has 1 aromatic rings. The van der Waals surface area contributed by atoms with Crippen molar-refractivity contribution < 1.29 is 4.74 Å². The van der Waals surface area contributed by atoms with Gasteiger partial charge in [-0.05, 0) is 33.2 Å². The van der Waals surface area contributed by atoms with E-state index in [1.54, 1.807) is 18.4 Å². The van der Waals surface area contributed by atoms with Crippen molar-refractivity contribution >= 4 is 41.3 Å². The minimum absolute atomic E-state index is 0. The van der Waals surface area contributed by atoms with E-state index in [2.05, 4.69) is 39.5 Å². The first-order valence-electron chi connectivity index (χ1n) is 8.77. The third-order valence-electron chi connectivity index (χ3n) is 4.30. The molecular formula is C17H32IN5OS. The second-order valence-corrected chi connectivity index (χ2v) is 7.30. The Morgan fingerprint density at radius 2 is 2.36 bits per heavy atom. The fourth-order valence-corrected chi connectivity index (χ4v) is 3.67. The third kappa shape index (κ3) is 7.36. The summed E-state index contributed by atoms with van der Waals surface area (Å²) in [7, 11) is 3.84. The molecule has 0 spiro atoms. The number of thiazole rings is 1. The molecule has 0 radical (unpaired) electrons. The van der Waals surface area contributed by atoms with Gasteiger partial charge < -0.3 is 15.0 Å². The molecule has 0 bridgehead atoms. The summed E-state index contributed by atoms with van der Waals surface area (Å²) in [5.74, 6) is 0.960. The number of aryl methyl sites for hydroxylation is 1. The number of aliphatic imine (C=N–C) groups is 1. The molecule has 6 nitrogen and oxygen atoms in total. The predicted molar refractivity (Wildman–Crippen MR) is 116 cm³/mol. The molecule has 1 atom stereocenters. The lowest BCUT2D eigenvalue weighted by molar-refractivity contribution is 0.142. The van der Waals surface area contributed by atoms with E-state index in [0.717, 1.165) is 56.0 Å². The quantitative estimate of drug-likeness (QED) is 0.352. The summed E-state index contributed by atoms with van der Waals surface area (Å²) in [6.45, 7) is 9.61. The molecule has 1 fully saturated rings. The van der Waals surface area contributed by atoms with Gasteiger partial charge in [0.25, 0.3) is 0 Å². The highest BCUT2D eigenvalue weighted by Gasteiger charge is 2.24. The standard InChI is InChI=1S/C17H31N5OS.HI/c1-5-18-17(21(3)12-15-13-24-14(2)20-15)19-11-16-7-6-8-22(16)9-10-23-4;/h13,16H,5-12H2,1-4H3,(H,18,19);1H. The van der Waals surface area contributed by atoms with Crippen molar-refractivity contribution in [3.05, 3.63) is 16.1 Å². The van der Waals surface area contributed by atoms with Gasteiger partial charge in [-0.3, -0.25) is 9.89 Å². The summed E-state index contributed by atoms with van der Waals surface area (Å²) in [4.78, 5) is 14.1. The number of aromatic nitrogens is 1. The maximum absolute atomic E-state index is 5.22. The van der Waals surface area contributed by atoms with Crippen LogP contribution in [0.5, 0.6) is 0 Å². The van der Waals surface area contributed by atoms with Gasteiger partial charge in [0.1, 0.15) is 0 Å². The number of likely N-dealkylation sites (tertiary alicyclic amines) is 1. The summed E-state index contributed by atoms with van der Waals surface area (Å²) in [5, 5.41) is 6.63. The summed E-state index contributed by atoms with van der Waals surface area (Å²) >= 11 is 1.70. The van der Waals surface area contributed by atoms with E-state index in [1.807, 2.05) is 6.92 Å². The molecule has 1 aliphatic rings. The van der Waals surface area contributed by atoms with Crippen molar-refractivity contribution in [2.24, 2.45) is 4.99 Å². The third-order valence-corrected chi connectivity index (χ3v) is 5.12. The van der Waals surface area contributed by atoms with Gasteiger partial charge in [-0.1, -0.05) is 0 Å². The van der Waals surface area contributed by atoms with E-state index in [-0.39, 0.29) is 24.0 Å². The smallest absolute Gasteiger partial charge is 0.194 e. The highest BCUT2D eigenvalue weighted by atomic mass is 127. The average molecular weight is 481 g/mol. The molecule has 1 aliphatic heterocycles. The van der Waals surface area contributed by atoms with E-state index >= 15 is 0 Å². The molecular weight excluding hydrogens is 449 g/mol. The Kier molecular flexibility index (Phi) is 10.9. The van der Waals surface area contributed by atoms with Crippen LogP contribution in [-0.4, -0.2) is 73.7 Å². The summed E-state index contributed by atoms with van der Waals surface area (Å²) < 4.78 is 5.22. The molecule has 144 valence electrons. The average Bonchev–Trinajstić information content (AvgIpc) is 3.18. The maximum atomic E-state index is 5.22. The van der Waals surface area contributed by atoms with Crippen LogP contribution in [0.4, 0.5) is 0 Å². The van der Waals surface area contributed by atoms with E-state index in [9.17, 15) is 0 Å². The van der Waals surface area contributed by atoms with E-state index in [4.69, 9.17) is 9.73 Å². The van der Waals surface area contributed by atoms with Crippen molar-refractivity contribution in [1.82, 2.24) is 20.1 Å². The number of hydrogen-bond donors (Lipinski definition) is 1. The van der Waals surface area contributed by atoms with Crippen LogP contribution in [0.3, 0.4) is 0 Å². The van der Waals surface area contributed by atoms with Crippen LogP contribution in [0, 0.1) is 6.92 Å². The van der Waals surface area contributed by atoms with Crippen molar-refractivity contribution in [3.8, 4) is 0 Å². The Hall–Kier alpha value is -0.450. The van der Waals surface area contributed by atoms with Crippen LogP contribution in [0.25, 0.3) is 0 Å². The molecule has 2 rings (SSSR count). The zero-order valence-electron chi connectivity index (χ0n) is 15.8. The highest BCUT2D eigenvalue weighted by Crippen LogP contribution is 2.17. The molecule has 2 heterocycles. The first kappa shape index (κ1) is 22.6. The van der Waals surface area contributed by atoms with Crippen LogP contribution in [0.15, 0.2) is 10.4 Å². The summed E-state index contributed by atoms with van der Waals surface area (Å²) in [6.07, 6.45) is 2.48. The highest BCUT2D eigenvalue weighted by molar-refractivity contribution is 14.0. The molecule has 0 aromatic carbocycles. The minimum Gasteiger partial charge on any atom is -0.383 e. The Labute approximate surface area is 173 Å². The number of hydrogen-bond acceptors (Lipinski definition) is 5. The summed E-state index contributed by atoms with van der Waals surface area (Å²) in [6, 6.07) is 0.531. The lowest BCUT2D eigenvalue weighted by Gasteiger charge is -2.25. The molecule has 0 aliphatic carbocycles. The monoisotopic (exact) mass is 481 g/mol. The zero-order valence-corrected chi connectivity index (χ0v) is 19.0. The number of nitrogens with zero attached hydrogens (tertiary/aromatic N) is 4. The van der Waals surface area contributed by atoms with Gasteiger partial charge in [0.2, 0.25) is 0 Å². The van der Waals surface area contributed by atoms with Crippen molar-refractivity contribution in [2.45, 2.75) is 39.3 Å². The van der Waals surface area contributed by atoms with Crippen LogP contribution < -0.4 is 5.32 Å². The molecule has 0 amide bonds. The van der Waals surface area contributed by atoms with Crippen molar-refractivity contribution in [1.29, 1.82) is 0 Å². The van der Waals surface area contributed by atoms with Crippen LogP contribution in [0.2, 0.25) is 0 Å². The van der Waals surface area contributed by atoms with Crippen LogP contribution >= 0.6 is 35.3 Å². The van der Waals surface area contributed by atoms with Crippen LogP contribution in [-0.2, 0) is 11.3 Å². The van der Waals surface area contributed by atoms with Gasteiger partial charge in [0, 0.05) is 38.7 Å². The Balaban J connectivity index is 0.00000312. The fraction of sp³-hybridized carbons (Fsp3) is 0.765. The number of halogens is 1. The lowest BCUT2D eigenvalue weighted by atomic mass is 10.2. The Morgan fingerprint density at radius 3 is 3.00 bits per heavy atom. The lowest BCUT2D eigenvalue weighted by Crippen LogP contribution is -2.40. The molecule has 1 N–H and O–H groups in total. The van der Waals surface area contributed by atoms with E-state index in [0.29, 0.717) is 6.04 Å². The Bertz CT molecular complexity index is 525. The Morgan fingerprint density at radius 1 is 1.56 bits per heavy atom. The molecule has 1 saturated heterocycles. The first-order valence-corrected chi connectivity index (χ1v) is 9.65. The first-order chi connectivity index (χ1) is 11.6. The van der Waals surface area contributed by atoms with Gasteiger partial charge >= 0.3 is 0 Å². The van der Waals surface area contributed by atoms with Crippen molar-refractivity contribution in [2.75, 3.05) is 46.9 Å². The molecule has 1 aromatic heterocycles. The summed E-state index contributed by atoms with van der Waals surface area (Å²) in [5.41, 5.74) is 1.10. The zero-order chi connectivity index (χ0) is 17.4. The number of nitrogens with one attached hydrogen (secondary N) is 1. The largest absolute Gasteiger partial charge is 0.383 e. The van der Waals surface area contributed by atoms with Crippen LogP contribution in [0.1, 0.15) is 30.5 Å².